The molecule has 0 aliphatic carbocycles. The third-order valence-electron chi connectivity index (χ3n) is 2.95. The zero-order valence-corrected chi connectivity index (χ0v) is 12.2. The van der Waals surface area contributed by atoms with Gasteiger partial charge in [0.05, 0.1) is 13.2 Å². The molecule has 2 aromatic carbocycles. The molecule has 4 heteroatoms. The second kappa shape index (κ2) is 6.64. The molecule has 0 aliphatic heterocycles. The van der Waals surface area contributed by atoms with Crippen molar-refractivity contribution in [3.8, 4) is 11.5 Å². The number of halogens is 1. The number of methoxy groups -OCH3 is 1. The molecule has 0 saturated heterocycles. The van der Waals surface area contributed by atoms with Crippen molar-refractivity contribution in [2.45, 2.75) is 19.6 Å². The Morgan fingerprint density at radius 3 is 2.70 bits per heavy atom. The molecule has 0 fully saturated rings. The van der Waals surface area contributed by atoms with Crippen LogP contribution in [0.4, 0.5) is 0 Å². The van der Waals surface area contributed by atoms with Crippen molar-refractivity contribution in [3.63, 3.8) is 0 Å². The van der Waals surface area contributed by atoms with Crippen molar-refractivity contribution in [2.75, 3.05) is 7.11 Å². The standard InChI is InChI=1S/C16H17ClO3/c1-11(18)15-9-13(17)6-7-16(15)20-10-12-4-3-5-14(8-12)19-2/h3-9,11,18H,10H2,1-2H3/t11-/m1/s1. The topological polar surface area (TPSA) is 38.7 Å². The maximum Gasteiger partial charge on any atom is 0.125 e. The molecule has 1 N–H and O–H groups in total. The minimum absolute atomic E-state index is 0.401. The predicted octanol–water partition coefficient (Wildman–Crippen LogP) is 3.98. The summed E-state index contributed by atoms with van der Waals surface area (Å²) in [5, 5.41) is 10.3. The number of ether oxygens (including phenoxy) is 2. The number of aliphatic hydroxyl groups is 1. The van der Waals surface area contributed by atoms with E-state index in [-0.39, 0.29) is 0 Å². The lowest BCUT2D eigenvalue weighted by molar-refractivity contribution is 0.190. The molecule has 0 saturated carbocycles. The zero-order valence-electron chi connectivity index (χ0n) is 11.5. The number of hydrogen-bond donors (Lipinski definition) is 1. The lowest BCUT2D eigenvalue weighted by Crippen LogP contribution is -2.01. The second-order valence-electron chi connectivity index (χ2n) is 4.50. The Morgan fingerprint density at radius 1 is 1.20 bits per heavy atom. The van der Waals surface area contributed by atoms with E-state index in [9.17, 15) is 5.11 Å². The van der Waals surface area contributed by atoms with Gasteiger partial charge < -0.3 is 14.6 Å². The van der Waals surface area contributed by atoms with Crippen LogP contribution in [0, 0.1) is 0 Å². The van der Waals surface area contributed by atoms with E-state index in [1.807, 2.05) is 24.3 Å². The molecule has 3 nitrogen and oxygen atoms in total. The van der Waals surface area contributed by atoms with Gasteiger partial charge in [0.2, 0.25) is 0 Å². The molecule has 1 atom stereocenters. The molecule has 2 aromatic rings. The van der Waals surface area contributed by atoms with E-state index in [0.717, 1.165) is 11.3 Å². The highest BCUT2D eigenvalue weighted by Crippen LogP contribution is 2.29. The first kappa shape index (κ1) is 14.7. The molecule has 0 unspecified atom stereocenters. The van der Waals surface area contributed by atoms with Gasteiger partial charge >= 0.3 is 0 Å². The maximum absolute atomic E-state index is 9.75. The highest BCUT2D eigenvalue weighted by Gasteiger charge is 2.10. The molecule has 20 heavy (non-hydrogen) atoms. The summed E-state index contributed by atoms with van der Waals surface area (Å²) in [7, 11) is 1.63. The van der Waals surface area contributed by atoms with E-state index in [1.165, 1.54) is 0 Å². The van der Waals surface area contributed by atoms with E-state index in [4.69, 9.17) is 21.1 Å². The van der Waals surface area contributed by atoms with Gasteiger partial charge in [-0.2, -0.15) is 0 Å². The first-order chi connectivity index (χ1) is 9.60. The summed E-state index contributed by atoms with van der Waals surface area (Å²) in [5.74, 6) is 1.42. The third kappa shape index (κ3) is 3.65. The first-order valence-corrected chi connectivity index (χ1v) is 6.71. The monoisotopic (exact) mass is 292 g/mol. The smallest absolute Gasteiger partial charge is 0.125 e. The molecule has 0 heterocycles. The van der Waals surface area contributed by atoms with Crippen molar-refractivity contribution < 1.29 is 14.6 Å². The Kier molecular flexibility index (Phi) is 4.88. The van der Waals surface area contributed by atoms with Crippen LogP contribution >= 0.6 is 11.6 Å². The summed E-state index contributed by atoms with van der Waals surface area (Å²) in [6.45, 7) is 2.09. The van der Waals surface area contributed by atoms with Crippen LogP contribution in [-0.2, 0) is 6.61 Å². The highest BCUT2D eigenvalue weighted by atomic mass is 35.5. The van der Waals surface area contributed by atoms with Gasteiger partial charge in [-0.15, -0.1) is 0 Å². The van der Waals surface area contributed by atoms with E-state index >= 15 is 0 Å². The van der Waals surface area contributed by atoms with Crippen LogP contribution in [0.2, 0.25) is 5.02 Å². The Morgan fingerprint density at radius 2 is 2.00 bits per heavy atom. The quantitative estimate of drug-likeness (QED) is 0.906. The molecule has 0 bridgehead atoms. The zero-order chi connectivity index (χ0) is 14.5. The Hall–Kier alpha value is -1.71. The van der Waals surface area contributed by atoms with E-state index in [0.29, 0.717) is 22.9 Å². The number of aliphatic hydroxyl groups excluding tert-OH is 1. The number of rotatable bonds is 5. The largest absolute Gasteiger partial charge is 0.497 e. The molecule has 2 rings (SSSR count). The molecule has 0 aromatic heterocycles. The van der Waals surface area contributed by atoms with Gasteiger partial charge in [-0.1, -0.05) is 23.7 Å². The average Bonchev–Trinajstić information content (AvgIpc) is 2.46. The van der Waals surface area contributed by atoms with Crippen molar-refractivity contribution in [1.82, 2.24) is 0 Å². The fourth-order valence-electron chi connectivity index (χ4n) is 1.90. The van der Waals surface area contributed by atoms with Gasteiger partial charge in [0.1, 0.15) is 18.1 Å². The van der Waals surface area contributed by atoms with E-state index in [1.54, 1.807) is 32.2 Å². The Bertz CT molecular complexity index is 582. The van der Waals surface area contributed by atoms with Crippen LogP contribution in [0.1, 0.15) is 24.2 Å². The van der Waals surface area contributed by atoms with Crippen molar-refractivity contribution >= 4 is 11.6 Å². The van der Waals surface area contributed by atoms with E-state index < -0.39 is 6.10 Å². The van der Waals surface area contributed by atoms with Crippen LogP contribution in [0.3, 0.4) is 0 Å². The van der Waals surface area contributed by atoms with Crippen LogP contribution in [0.15, 0.2) is 42.5 Å². The summed E-state index contributed by atoms with van der Waals surface area (Å²) >= 11 is 5.93. The Balaban J connectivity index is 2.14. The maximum atomic E-state index is 9.75. The summed E-state index contributed by atoms with van der Waals surface area (Å²) in [4.78, 5) is 0. The van der Waals surface area contributed by atoms with Gasteiger partial charge in [-0.25, -0.2) is 0 Å². The predicted molar refractivity (Wildman–Crippen MR) is 79.4 cm³/mol. The first-order valence-electron chi connectivity index (χ1n) is 6.33. The fraction of sp³-hybridized carbons (Fsp3) is 0.250. The molecule has 0 aliphatic rings. The van der Waals surface area contributed by atoms with Gasteiger partial charge in [0.25, 0.3) is 0 Å². The highest BCUT2D eigenvalue weighted by molar-refractivity contribution is 6.30. The molecule has 0 amide bonds. The Labute approximate surface area is 123 Å². The van der Waals surface area contributed by atoms with Gasteiger partial charge in [-0.05, 0) is 42.8 Å². The fourth-order valence-corrected chi connectivity index (χ4v) is 2.08. The van der Waals surface area contributed by atoms with Crippen molar-refractivity contribution in [2.24, 2.45) is 0 Å². The van der Waals surface area contributed by atoms with Crippen molar-refractivity contribution in [3.05, 3.63) is 58.6 Å². The molecular formula is C16H17ClO3. The normalized spacial score (nSPS) is 12.0. The summed E-state index contributed by atoms with van der Waals surface area (Å²) in [6, 6.07) is 12.9. The third-order valence-corrected chi connectivity index (χ3v) is 3.19. The average molecular weight is 293 g/mol. The lowest BCUT2D eigenvalue weighted by atomic mass is 10.1. The SMILES string of the molecule is COc1cccc(COc2ccc(Cl)cc2[C@@H](C)O)c1. The molecule has 0 radical (unpaired) electrons. The second-order valence-corrected chi connectivity index (χ2v) is 4.93. The lowest BCUT2D eigenvalue weighted by Gasteiger charge is -2.14. The summed E-state index contributed by atoms with van der Waals surface area (Å²) in [5.41, 5.74) is 1.68. The number of hydrogen-bond acceptors (Lipinski definition) is 3. The van der Waals surface area contributed by atoms with Crippen LogP contribution in [-0.4, -0.2) is 12.2 Å². The van der Waals surface area contributed by atoms with Crippen LogP contribution in [0.5, 0.6) is 11.5 Å². The van der Waals surface area contributed by atoms with E-state index in [2.05, 4.69) is 0 Å². The van der Waals surface area contributed by atoms with Crippen molar-refractivity contribution in [1.29, 1.82) is 0 Å². The number of benzene rings is 2. The van der Waals surface area contributed by atoms with Gasteiger partial charge in [0, 0.05) is 10.6 Å². The summed E-state index contributed by atoms with van der Waals surface area (Å²) < 4.78 is 10.9. The van der Waals surface area contributed by atoms with Gasteiger partial charge in [-0.3, -0.25) is 0 Å². The molecule has 0 spiro atoms. The minimum atomic E-state index is -0.631. The molecule has 106 valence electrons. The molecular weight excluding hydrogens is 276 g/mol. The summed E-state index contributed by atoms with van der Waals surface area (Å²) in [6.07, 6.45) is -0.631. The minimum Gasteiger partial charge on any atom is -0.497 e. The van der Waals surface area contributed by atoms with Crippen LogP contribution in [0.25, 0.3) is 0 Å². The van der Waals surface area contributed by atoms with Gasteiger partial charge in [0.15, 0.2) is 0 Å². The van der Waals surface area contributed by atoms with Crippen LogP contribution < -0.4 is 9.47 Å².